The quantitative estimate of drug-likeness (QED) is 0.814. The van der Waals surface area contributed by atoms with Crippen LogP contribution in [0.3, 0.4) is 0 Å². The van der Waals surface area contributed by atoms with Crippen molar-refractivity contribution in [2.24, 2.45) is 0 Å². The number of carbonyl (C=O) groups excluding carboxylic acids is 2. The van der Waals surface area contributed by atoms with E-state index < -0.39 is 11.1 Å². The van der Waals surface area contributed by atoms with Crippen molar-refractivity contribution in [2.45, 2.75) is 90.8 Å². The molecule has 1 saturated heterocycles. The fraction of sp³-hybridized carbons (Fsp3) is 0.875. The molecule has 0 spiro atoms. The van der Waals surface area contributed by atoms with Gasteiger partial charge >= 0.3 is 0 Å². The molecule has 1 heterocycles. The van der Waals surface area contributed by atoms with Gasteiger partial charge < -0.3 is 10.2 Å². The first-order chi connectivity index (χ1) is 9.32. The molecule has 116 valence electrons. The van der Waals surface area contributed by atoms with Gasteiger partial charge in [-0.3, -0.25) is 9.59 Å². The van der Waals surface area contributed by atoms with Gasteiger partial charge in [0.05, 0.1) is 0 Å². The Balaban J connectivity index is 3.28. The van der Waals surface area contributed by atoms with E-state index in [2.05, 4.69) is 19.2 Å². The minimum absolute atomic E-state index is 0.00810. The molecule has 20 heavy (non-hydrogen) atoms. The first-order valence-electron chi connectivity index (χ1n) is 7.99. The van der Waals surface area contributed by atoms with Crippen molar-refractivity contribution in [1.82, 2.24) is 10.2 Å². The van der Waals surface area contributed by atoms with E-state index in [1.165, 1.54) is 0 Å². The third-order valence-electron chi connectivity index (χ3n) is 5.04. The smallest absolute Gasteiger partial charge is 0.249 e. The highest BCUT2D eigenvalue weighted by molar-refractivity contribution is 6.02. The van der Waals surface area contributed by atoms with Crippen molar-refractivity contribution in [3.63, 3.8) is 0 Å². The zero-order chi connectivity index (χ0) is 15.6. The number of carbonyl (C=O) groups is 2. The number of hydrogen-bond donors (Lipinski definition) is 1. The molecule has 1 aliphatic rings. The summed E-state index contributed by atoms with van der Waals surface area (Å²) in [5, 5.41) is 3.02. The second-order valence-corrected chi connectivity index (χ2v) is 6.18. The maximum Gasteiger partial charge on any atom is 0.249 e. The molecule has 4 nitrogen and oxygen atoms in total. The van der Waals surface area contributed by atoms with Gasteiger partial charge in [0.15, 0.2) is 0 Å². The summed E-state index contributed by atoms with van der Waals surface area (Å²) in [5.74, 6) is 0.0821. The number of hydrogen-bond acceptors (Lipinski definition) is 2. The van der Waals surface area contributed by atoms with Crippen LogP contribution in [0.5, 0.6) is 0 Å². The van der Waals surface area contributed by atoms with E-state index in [0.29, 0.717) is 19.3 Å². The van der Waals surface area contributed by atoms with Crippen molar-refractivity contribution >= 4 is 11.8 Å². The van der Waals surface area contributed by atoms with Gasteiger partial charge in [-0.25, -0.2) is 0 Å². The van der Waals surface area contributed by atoms with E-state index in [1.807, 2.05) is 32.6 Å². The molecule has 0 radical (unpaired) electrons. The molecule has 2 unspecified atom stereocenters. The predicted molar refractivity (Wildman–Crippen MR) is 81.4 cm³/mol. The van der Waals surface area contributed by atoms with E-state index in [0.717, 1.165) is 12.8 Å². The van der Waals surface area contributed by atoms with Crippen molar-refractivity contribution in [3.05, 3.63) is 0 Å². The lowest BCUT2D eigenvalue weighted by Crippen LogP contribution is -2.76. The van der Waals surface area contributed by atoms with Crippen molar-refractivity contribution in [1.29, 1.82) is 0 Å². The average molecular weight is 282 g/mol. The molecule has 2 atom stereocenters. The summed E-state index contributed by atoms with van der Waals surface area (Å²) in [6, 6.07) is 0.0981. The predicted octanol–water partition coefficient (Wildman–Crippen LogP) is 2.86. The fourth-order valence-electron chi connectivity index (χ4n) is 3.26. The maximum atomic E-state index is 13.1. The number of piperazine rings is 1. The van der Waals surface area contributed by atoms with Crippen molar-refractivity contribution in [3.8, 4) is 0 Å². The molecule has 0 aliphatic carbocycles. The Bertz CT molecular complexity index is 377. The second-order valence-electron chi connectivity index (χ2n) is 6.18. The largest absolute Gasteiger partial charge is 0.340 e. The molecule has 0 aromatic rings. The Hall–Kier alpha value is -1.06. The van der Waals surface area contributed by atoms with Gasteiger partial charge in [0, 0.05) is 6.04 Å². The summed E-state index contributed by atoms with van der Waals surface area (Å²) >= 11 is 0. The summed E-state index contributed by atoms with van der Waals surface area (Å²) in [4.78, 5) is 27.6. The molecular weight excluding hydrogens is 252 g/mol. The molecule has 2 amide bonds. The highest BCUT2D eigenvalue weighted by Gasteiger charge is 2.55. The molecule has 4 heteroatoms. The lowest BCUT2D eigenvalue weighted by Gasteiger charge is -2.53. The molecule has 0 aromatic heterocycles. The number of nitrogens with zero attached hydrogens (tertiary/aromatic N) is 1. The number of amides is 2. The highest BCUT2D eigenvalue weighted by Crippen LogP contribution is 2.34. The minimum atomic E-state index is -0.723. The van der Waals surface area contributed by atoms with Crippen LogP contribution in [0, 0.1) is 0 Å². The monoisotopic (exact) mass is 282 g/mol. The summed E-state index contributed by atoms with van der Waals surface area (Å²) in [6.45, 7) is 12.0. The van der Waals surface area contributed by atoms with Crippen LogP contribution in [-0.4, -0.2) is 33.8 Å². The minimum Gasteiger partial charge on any atom is -0.340 e. The molecule has 1 aliphatic heterocycles. The summed E-state index contributed by atoms with van der Waals surface area (Å²) in [7, 11) is 0. The Morgan fingerprint density at radius 3 is 2.05 bits per heavy atom. The van der Waals surface area contributed by atoms with E-state index in [4.69, 9.17) is 0 Å². The standard InChI is InChI=1S/C16H30N2O2/c1-7-11-12(5)18-14(20)16(9-3,10-4)17-13(19)15(18,6)8-2/h12H,7-11H2,1-6H3,(H,17,19). The van der Waals surface area contributed by atoms with Crippen LogP contribution in [0.1, 0.15) is 73.6 Å². The average Bonchev–Trinajstić information content (AvgIpc) is 2.43. The van der Waals surface area contributed by atoms with Crippen LogP contribution in [-0.2, 0) is 9.59 Å². The topological polar surface area (TPSA) is 49.4 Å². The summed E-state index contributed by atoms with van der Waals surface area (Å²) in [6.07, 6.45) is 3.87. The SMILES string of the molecule is CCCC(C)N1C(=O)C(CC)(CC)NC(=O)C1(C)CC. The first kappa shape index (κ1) is 17.0. The van der Waals surface area contributed by atoms with Gasteiger partial charge in [-0.15, -0.1) is 0 Å². The van der Waals surface area contributed by atoms with E-state index in [-0.39, 0.29) is 17.9 Å². The normalized spacial score (nSPS) is 27.4. The Morgan fingerprint density at radius 1 is 1.10 bits per heavy atom. The Labute approximate surface area is 123 Å². The van der Waals surface area contributed by atoms with E-state index in [9.17, 15) is 9.59 Å². The third-order valence-corrected chi connectivity index (χ3v) is 5.04. The molecule has 0 aromatic carbocycles. The third kappa shape index (κ3) is 2.45. The van der Waals surface area contributed by atoms with Crippen molar-refractivity contribution in [2.75, 3.05) is 0 Å². The number of nitrogens with one attached hydrogen (secondary N) is 1. The van der Waals surface area contributed by atoms with E-state index in [1.54, 1.807) is 0 Å². The van der Waals surface area contributed by atoms with Gasteiger partial charge in [0.25, 0.3) is 0 Å². The van der Waals surface area contributed by atoms with Crippen LogP contribution >= 0.6 is 0 Å². The maximum absolute atomic E-state index is 13.1. The lowest BCUT2D eigenvalue weighted by atomic mass is 9.80. The molecular formula is C16H30N2O2. The Kier molecular flexibility index (Phi) is 5.22. The van der Waals surface area contributed by atoms with Gasteiger partial charge in [-0.2, -0.15) is 0 Å². The van der Waals surface area contributed by atoms with Gasteiger partial charge in [-0.1, -0.05) is 34.1 Å². The molecule has 1 N–H and O–H groups in total. The summed E-state index contributed by atoms with van der Waals surface area (Å²) < 4.78 is 0. The number of rotatable bonds is 6. The summed E-state index contributed by atoms with van der Waals surface area (Å²) in [5.41, 5.74) is -1.44. The van der Waals surface area contributed by atoms with E-state index >= 15 is 0 Å². The Morgan fingerprint density at radius 2 is 1.65 bits per heavy atom. The lowest BCUT2D eigenvalue weighted by molar-refractivity contribution is -0.166. The van der Waals surface area contributed by atoms with Crippen LogP contribution in [0.15, 0.2) is 0 Å². The molecule has 0 bridgehead atoms. The van der Waals surface area contributed by atoms with Crippen LogP contribution in [0.2, 0.25) is 0 Å². The zero-order valence-electron chi connectivity index (χ0n) is 13.9. The van der Waals surface area contributed by atoms with Crippen LogP contribution in [0.25, 0.3) is 0 Å². The van der Waals surface area contributed by atoms with Gasteiger partial charge in [0.1, 0.15) is 11.1 Å². The van der Waals surface area contributed by atoms with Gasteiger partial charge in [0.2, 0.25) is 11.8 Å². The van der Waals surface area contributed by atoms with Crippen LogP contribution < -0.4 is 5.32 Å². The fourth-order valence-corrected chi connectivity index (χ4v) is 3.26. The van der Waals surface area contributed by atoms with Gasteiger partial charge in [-0.05, 0) is 39.5 Å². The zero-order valence-corrected chi connectivity index (χ0v) is 13.9. The second kappa shape index (κ2) is 6.15. The van der Waals surface area contributed by atoms with Crippen LogP contribution in [0.4, 0.5) is 0 Å². The molecule has 1 fully saturated rings. The first-order valence-corrected chi connectivity index (χ1v) is 7.99. The highest BCUT2D eigenvalue weighted by atomic mass is 16.2. The van der Waals surface area contributed by atoms with Crippen molar-refractivity contribution < 1.29 is 9.59 Å². The molecule has 0 saturated carbocycles. The molecule has 1 rings (SSSR count).